The molecule has 0 atom stereocenters. The second kappa shape index (κ2) is 6.55. The lowest BCUT2D eigenvalue weighted by Crippen LogP contribution is -2.33. The molecular formula is C11H20N4O2S. The van der Waals surface area contributed by atoms with Crippen molar-refractivity contribution in [3.8, 4) is 0 Å². The number of hydrogen-bond donors (Lipinski definition) is 3. The van der Waals surface area contributed by atoms with Gasteiger partial charge in [-0.3, -0.25) is 4.79 Å². The highest BCUT2D eigenvalue weighted by Gasteiger charge is 2.23. The second-order valence-electron chi connectivity index (χ2n) is 4.18. The number of aliphatic hydroxyl groups excluding tert-OH is 1. The van der Waals surface area contributed by atoms with Gasteiger partial charge >= 0.3 is 0 Å². The van der Waals surface area contributed by atoms with Crippen LogP contribution < -0.4 is 16.0 Å². The summed E-state index contributed by atoms with van der Waals surface area (Å²) >= 11 is 1.18. The van der Waals surface area contributed by atoms with Gasteiger partial charge in [0, 0.05) is 19.1 Å². The zero-order valence-electron chi connectivity index (χ0n) is 10.9. The molecule has 0 aliphatic heterocycles. The van der Waals surface area contributed by atoms with Crippen molar-refractivity contribution in [2.75, 3.05) is 30.3 Å². The van der Waals surface area contributed by atoms with Gasteiger partial charge in [0.2, 0.25) is 0 Å². The molecule has 0 radical (unpaired) electrons. The Kier molecular flexibility index (Phi) is 5.36. The van der Waals surface area contributed by atoms with Gasteiger partial charge in [-0.15, -0.1) is 0 Å². The molecule has 1 amide bonds. The van der Waals surface area contributed by atoms with E-state index in [1.807, 2.05) is 25.7 Å². The van der Waals surface area contributed by atoms with E-state index in [0.29, 0.717) is 23.7 Å². The van der Waals surface area contributed by atoms with Crippen molar-refractivity contribution in [3.05, 3.63) is 5.56 Å². The number of nitrogen functional groups attached to an aromatic ring is 1. The summed E-state index contributed by atoms with van der Waals surface area (Å²) < 4.78 is 4.03. The van der Waals surface area contributed by atoms with E-state index in [4.69, 9.17) is 10.8 Å². The third kappa shape index (κ3) is 3.33. The molecular weight excluding hydrogens is 252 g/mol. The quantitative estimate of drug-likeness (QED) is 0.708. The Labute approximate surface area is 111 Å². The minimum atomic E-state index is -0.220. The Bertz CT molecular complexity index is 406. The van der Waals surface area contributed by atoms with E-state index in [0.717, 1.165) is 0 Å². The molecule has 0 saturated carbocycles. The summed E-state index contributed by atoms with van der Waals surface area (Å²) in [5.74, 6) is 0.0205. The van der Waals surface area contributed by atoms with E-state index in [2.05, 4.69) is 9.69 Å². The van der Waals surface area contributed by atoms with Crippen LogP contribution in [0.4, 0.5) is 10.8 Å². The second-order valence-corrected chi connectivity index (χ2v) is 4.93. The molecule has 7 heteroatoms. The number of anilines is 2. The number of nitrogens with zero attached hydrogens (tertiary/aromatic N) is 2. The smallest absolute Gasteiger partial charge is 0.258 e. The number of hydrogen-bond acceptors (Lipinski definition) is 6. The zero-order chi connectivity index (χ0) is 13.7. The summed E-state index contributed by atoms with van der Waals surface area (Å²) in [7, 11) is 0. The van der Waals surface area contributed by atoms with Crippen LogP contribution in [-0.2, 0) is 0 Å². The maximum Gasteiger partial charge on any atom is 0.258 e. The Morgan fingerprint density at radius 1 is 1.61 bits per heavy atom. The Morgan fingerprint density at radius 2 is 2.28 bits per heavy atom. The van der Waals surface area contributed by atoms with Crippen LogP contribution in [0, 0.1) is 0 Å². The van der Waals surface area contributed by atoms with Crippen molar-refractivity contribution in [2.45, 2.75) is 26.8 Å². The van der Waals surface area contributed by atoms with Crippen molar-refractivity contribution in [2.24, 2.45) is 0 Å². The number of aliphatic hydroxyl groups is 1. The van der Waals surface area contributed by atoms with Crippen LogP contribution in [0.5, 0.6) is 0 Å². The van der Waals surface area contributed by atoms with Gasteiger partial charge in [0.05, 0.1) is 6.61 Å². The SMILES string of the molecule is CCN(CCO)c1snc(N)c1C(=O)NC(C)C. The minimum absolute atomic E-state index is 0.0247. The molecule has 0 saturated heterocycles. The summed E-state index contributed by atoms with van der Waals surface area (Å²) in [6.07, 6.45) is 0. The molecule has 6 nitrogen and oxygen atoms in total. The summed E-state index contributed by atoms with van der Waals surface area (Å²) in [5.41, 5.74) is 6.16. The molecule has 0 aliphatic carbocycles. The molecule has 18 heavy (non-hydrogen) atoms. The normalized spacial score (nSPS) is 10.7. The first-order valence-electron chi connectivity index (χ1n) is 5.93. The monoisotopic (exact) mass is 272 g/mol. The number of carbonyl (C=O) groups excluding carboxylic acids is 1. The van der Waals surface area contributed by atoms with Crippen LogP contribution in [-0.4, -0.2) is 41.1 Å². The molecule has 1 heterocycles. The van der Waals surface area contributed by atoms with Gasteiger partial charge in [0.25, 0.3) is 5.91 Å². The highest BCUT2D eigenvalue weighted by molar-refractivity contribution is 7.11. The minimum Gasteiger partial charge on any atom is -0.395 e. The van der Waals surface area contributed by atoms with E-state index in [1.165, 1.54) is 11.5 Å². The van der Waals surface area contributed by atoms with Crippen molar-refractivity contribution in [1.82, 2.24) is 9.69 Å². The van der Waals surface area contributed by atoms with Crippen molar-refractivity contribution in [3.63, 3.8) is 0 Å². The lowest BCUT2D eigenvalue weighted by atomic mass is 10.2. The number of amides is 1. The highest BCUT2D eigenvalue weighted by atomic mass is 32.1. The molecule has 102 valence electrons. The molecule has 1 rings (SSSR count). The maximum absolute atomic E-state index is 12.1. The van der Waals surface area contributed by atoms with Crippen LogP contribution in [0.3, 0.4) is 0 Å². The Morgan fingerprint density at radius 3 is 2.78 bits per heavy atom. The van der Waals surface area contributed by atoms with E-state index in [9.17, 15) is 4.79 Å². The molecule has 0 aromatic carbocycles. The van der Waals surface area contributed by atoms with Gasteiger partial charge in [-0.1, -0.05) is 0 Å². The van der Waals surface area contributed by atoms with E-state index >= 15 is 0 Å². The van der Waals surface area contributed by atoms with E-state index in [-0.39, 0.29) is 24.4 Å². The molecule has 0 bridgehead atoms. The Hall–Kier alpha value is -1.34. The first-order chi connectivity index (χ1) is 8.51. The molecule has 0 fully saturated rings. The van der Waals surface area contributed by atoms with Gasteiger partial charge < -0.3 is 21.1 Å². The largest absolute Gasteiger partial charge is 0.395 e. The number of aromatic nitrogens is 1. The third-order valence-corrected chi connectivity index (χ3v) is 3.31. The third-order valence-electron chi connectivity index (χ3n) is 2.39. The predicted octanol–water partition coefficient (Wildman–Crippen LogP) is 0.682. The average Bonchev–Trinajstić information content (AvgIpc) is 2.67. The lowest BCUT2D eigenvalue weighted by Gasteiger charge is -2.21. The van der Waals surface area contributed by atoms with Gasteiger partial charge in [0.15, 0.2) is 5.82 Å². The van der Waals surface area contributed by atoms with Crippen LogP contribution >= 0.6 is 11.5 Å². The summed E-state index contributed by atoms with van der Waals surface area (Å²) in [6.45, 7) is 6.90. The molecule has 4 N–H and O–H groups in total. The number of carbonyl (C=O) groups is 1. The fourth-order valence-electron chi connectivity index (χ4n) is 1.58. The summed E-state index contributed by atoms with van der Waals surface area (Å²) in [6, 6.07) is 0.0394. The zero-order valence-corrected chi connectivity index (χ0v) is 11.8. The van der Waals surface area contributed by atoms with E-state index in [1.54, 1.807) is 0 Å². The summed E-state index contributed by atoms with van der Waals surface area (Å²) in [5, 5.41) is 12.5. The standard InChI is InChI=1S/C11H20N4O2S/c1-4-15(5-6-16)11-8(9(12)14-18-11)10(17)13-7(2)3/h7,16H,4-6H2,1-3H3,(H2,12,14)(H,13,17). The molecule has 0 spiro atoms. The molecule has 1 aromatic heterocycles. The lowest BCUT2D eigenvalue weighted by molar-refractivity contribution is 0.0944. The average molecular weight is 272 g/mol. The van der Waals surface area contributed by atoms with Crippen molar-refractivity contribution < 1.29 is 9.90 Å². The van der Waals surface area contributed by atoms with Gasteiger partial charge in [0.1, 0.15) is 10.6 Å². The highest BCUT2D eigenvalue weighted by Crippen LogP contribution is 2.30. The van der Waals surface area contributed by atoms with Crippen LogP contribution in [0.15, 0.2) is 0 Å². The van der Waals surface area contributed by atoms with Crippen molar-refractivity contribution >= 4 is 28.3 Å². The molecule has 0 aliphatic rings. The maximum atomic E-state index is 12.1. The number of likely N-dealkylation sites (N-methyl/N-ethyl adjacent to an activating group) is 1. The molecule has 1 aromatic rings. The fourth-order valence-corrected chi connectivity index (χ4v) is 2.48. The first-order valence-corrected chi connectivity index (χ1v) is 6.70. The Balaban J connectivity index is 3.03. The summed E-state index contributed by atoms with van der Waals surface area (Å²) in [4.78, 5) is 14.0. The van der Waals surface area contributed by atoms with Crippen LogP contribution in [0.2, 0.25) is 0 Å². The van der Waals surface area contributed by atoms with Crippen molar-refractivity contribution in [1.29, 1.82) is 0 Å². The number of nitrogens with one attached hydrogen (secondary N) is 1. The van der Waals surface area contributed by atoms with Crippen LogP contribution in [0.1, 0.15) is 31.1 Å². The predicted molar refractivity (Wildman–Crippen MR) is 74.1 cm³/mol. The van der Waals surface area contributed by atoms with Gasteiger partial charge in [-0.25, -0.2) is 0 Å². The van der Waals surface area contributed by atoms with Gasteiger partial charge in [-0.2, -0.15) is 4.37 Å². The number of rotatable bonds is 6. The number of nitrogens with two attached hydrogens (primary N) is 1. The fraction of sp³-hybridized carbons (Fsp3) is 0.636. The topological polar surface area (TPSA) is 91.5 Å². The first kappa shape index (κ1) is 14.7. The van der Waals surface area contributed by atoms with Gasteiger partial charge in [-0.05, 0) is 32.3 Å². The van der Waals surface area contributed by atoms with Crippen LogP contribution in [0.25, 0.3) is 0 Å². The molecule has 0 unspecified atom stereocenters. The van der Waals surface area contributed by atoms with E-state index < -0.39 is 0 Å².